The molecule has 0 saturated carbocycles. The lowest BCUT2D eigenvalue weighted by atomic mass is 10.1. The summed E-state index contributed by atoms with van der Waals surface area (Å²) in [6.07, 6.45) is 0.823. The van der Waals surface area contributed by atoms with Gasteiger partial charge in [-0.25, -0.2) is 0 Å². The summed E-state index contributed by atoms with van der Waals surface area (Å²) in [5.74, 6) is 2.11. The Balaban J connectivity index is 1.19. The van der Waals surface area contributed by atoms with Crippen molar-refractivity contribution in [2.75, 3.05) is 6.61 Å². The average Bonchev–Trinajstić information content (AvgIpc) is 3.16. The van der Waals surface area contributed by atoms with E-state index in [0.29, 0.717) is 26.7 Å². The monoisotopic (exact) mass is 688 g/mol. The lowest BCUT2D eigenvalue weighted by molar-refractivity contribution is -0.0162. The van der Waals surface area contributed by atoms with E-state index in [4.69, 9.17) is 22.9 Å². The molecule has 0 spiro atoms. The van der Waals surface area contributed by atoms with Crippen LogP contribution in [0.4, 0.5) is 0 Å². The summed E-state index contributed by atoms with van der Waals surface area (Å²) in [6, 6.07) is 54.8. The van der Waals surface area contributed by atoms with Gasteiger partial charge >= 0.3 is 8.45 Å². The molecule has 6 aromatic carbocycles. The second-order valence-corrected chi connectivity index (χ2v) is 13.9. The molecule has 0 N–H and O–H groups in total. The summed E-state index contributed by atoms with van der Waals surface area (Å²) in [5, 5.41) is 0. The Labute approximate surface area is 287 Å². The molecule has 9 heteroatoms. The van der Waals surface area contributed by atoms with E-state index in [2.05, 4.69) is 55.5 Å². The molecule has 6 nitrogen and oxygen atoms in total. The zero-order valence-electron chi connectivity index (χ0n) is 26.4. The second-order valence-electron chi connectivity index (χ2n) is 10.6. The maximum atomic E-state index is 6.48. The molecule has 0 aromatic heterocycles. The molecule has 48 heavy (non-hydrogen) atoms. The van der Waals surface area contributed by atoms with Gasteiger partial charge in [-0.1, -0.05) is 139 Å². The molecule has 0 amide bonds. The highest BCUT2D eigenvalue weighted by atomic mass is 31.2. The minimum Gasteiger partial charge on any atom is -0.458 e. The number of hydrogen-bond acceptors (Lipinski definition) is 6. The first kappa shape index (κ1) is 33.5. The molecular weight excluding hydrogens is 653 g/mol. The van der Waals surface area contributed by atoms with Gasteiger partial charge in [0.25, 0.3) is 8.60 Å². The van der Waals surface area contributed by atoms with Crippen LogP contribution in [0.1, 0.15) is 13.3 Å². The van der Waals surface area contributed by atoms with Gasteiger partial charge in [0.05, 0.1) is 6.61 Å². The molecule has 2 atom stereocenters. The topological polar surface area (TPSA) is 52.5 Å². The van der Waals surface area contributed by atoms with Crippen molar-refractivity contribution in [1.29, 1.82) is 0 Å². The molecule has 0 fully saturated rings. The molecular formula is C39H35N2O4P3. The summed E-state index contributed by atoms with van der Waals surface area (Å²) in [6.45, 7) is 2.56. The normalized spacial score (nSPS) is 12.0. The zero-order valence-corrected chi connectivity index (χ0v) is 29.2. The summed E-state index contributed by atoms with van der Waals surface area (Å²) >= 11 is 0. The predicted molar refractivity (Wildman–Crippen MR) is 200 cm³/mol. The van der Waals surface area contributed by atoms with Crippen LogP contribution in [0.25, 0.3) is 33.4 Å². The smallest absolute Gasteiger partial charge is 0.337 e. The molecule has 6 aromatic rings. The third-order valence-electron chi connectivity index (χ3n) is 7.15. The molecule has 0 radical (unpaired) electrons. The Morgan fingerprint density at radius 1 is 0.542 bits per heavy atom. The fraction of sp³-hybridized carbons (Fsp3) is 0.0769. The van der Waals surface area contributed by atoms with Crippen molar-refractivity contribution in [1.82, 2.24) is 4.60 Å². The minimum absolute atomic E-state index is 0.198. The van der Waals surface area contributed by atoms with Crippen molar-refractivity contribution >= 4 is 26.0 Å². The summed E-state index contributed by atoms with van der Waals surface area (Å²) in [7, 11) is -1.48. The third-order valence-corrected chi connectivity index (χ3v) is 10.5. The van der Waals surface area contributed by atoms with Crippen molar-refractivity contribution in [3.8, 4) is 50.6 Å². The van der Waals surface area contributed by atoms with Gasteiger partial charge in [0.15, 0.2) is 8.96 Å². The largest absolute Gasteiger partial charge is 0.458 e. The van der Waals surface area contributed by atoms with E-state index in [9.17, 15) is 0 Å². The Hall–Kier alpha value is -4.40. The Morgan fingerprint density at radius 3 is 1.42 bits per heavy atom. The molecule has 0 aliphatic rings. The van der Waals surface area contributed by atoms with Crippen LogP contribution < -0.4 is 13.6 Å². The van der Waals surface area contributed by atoms with Crippen LogP contribution in [0.3, 0.4) is 0 Å². The maximum Gasteiger partial charge on any atom is 0.337 e. The van der Waals surface area contributed by atoms with Crippen LogP contribution in [0.2, 0.25) is 0 Å². The maximum absolute atomic E-state index is 6.48. The first-order valence-corrected chi connectivity index (χ1v) is 18.4. The van der Waals surface area contributed by atoms with Crippen LogP contribution in [0.15, 0.2) is 168 Å². The lowest BCUT2D eigenvalue weighted by Crippen LogP contribution is -2.13. The van der Waals surface area contributed by atoms with Crippen molar-refractivity contribution in [3.63, 3.8) is 0 Å². The van der Waals surface area contributed by atoms with Gasteiger partial charge in [-0.2, -0.15) is 0 Å². The van der Waals surface area contributed by atoms with Gasteiger partial charge in [-0.05, 0) is 76.2 Å². The number of hydrogen-bond donors (Lipinski definition) is 0. The quantitative estimate of drug-likeness (QED) is 0.0794. The standard InChI is InChI=1S/C39H35N2O4P3/c1-2-30-42-41(47-44-38-26-20-35(21-27-38)32-14-8-4-9-15-32)48(45-39-28-22-36(23-29-39)33-16-10-5-11-17-33)40-46-43-37-24-18-34(19-25-37)31-12-6-3-7-13-31/h3-29,47H,2,30H2,1H3. The fourth-order valence-electron chi connectivity index (χ4n) is 4.69. The number of nitrogens with zero attached hydrogens (tertiary/aromatic N) is 2. The van der Waals surface area contributed by atoms with Crippen LogP contribution in [0, 0.1) is 0 Å². The number of rotatable bonds is 15. The fourth-order valence-corrected chi connectivity index (χ4v) is 7.65. The van der Waals surface area contributed by atoms with Gasteiger partial charge in [-0.15, -0.1) is 4.52 Å². The molecule has 2 unspecified atom stereocenters. The molecule has 0 aliphatic carbocycles. The van der Waals surface area contributed by atoms with Gasteiger partial charge < -0.3 is 13.6 Å². The van der Waals surface area contributed by atoms with Gasteiger partial charge in [-0.3, -0.25) is 4.84 Å². The first-order chi connectivity index (χ1) is 23.7. The Kier molecular flexibility index (Phi) is 12.3. The van der Waals surface area contributed by atoms with Gasteiger partial charge in [0.2, 0.25) is 0 Å². The zero-order chi connectivity index (χ0) is 32.8. The van der Waals surface area contributed by atoms with E-state index in [1.165, 1.54) is 0 Å². The average molecular weight is 689 g/mol. The van der Waals surface area contributed by atoms with Crippen LogP contribution >= 0.6 is 26.0 Å². The highest BCUT2D eigenvalue weighted by Gasteiger charge is 2.25. The van der Waals surface area contributed by atoms with E-state index in [1.54, 1.807) is 4.60 Å². The van der Waals surface area contributed by atoms with Gasteiger partial charge in [0.1, 0.15) is 17.2 Å². The highest BCUT2D eigenvalue weighted by molar-refractivity contribution is 7.60. The van der Waals surface area contributed by atoms with E-state index < -0.39 is 8.45 Å². The molecule has 240 valence electrons. The molecule has 0 saturated heterocycles. The van der Waals surface area contributed by atoms with Crippen molar-refractivity contribution in [3.05, 3.63) is 164 Å². The van der Waals surface area contributed by atoms with E-state index in [0.717, 1.165) is 45.6 Å². The first-order valence-electron chi connectivity index (χ1n) is 15.6. The third kappa shape index (κ3) is 9.58. The molecule has 0 heterocycles. The molecule has 0 bridgehead atoms. The highest BCUT2D eigenvalue weighted by Crippen LogP contribution is 2.52. The Bertz CT molecular complexity index is 1840. The summed E-state index contributed by atoms with van der Waals surface area (Å²) < 4.78 is 25.3. The van der Waals surface area contributed by atoms with E-state index in [-0.39, 0.29) is 8.96 Å². The Morgan fingerprint density at radius 2 is 0.958 bits per heavy atom. The SMILES string of the molecule is CCCON(POc1ccc(-c2ccccc2)cc1)P(N=POc1ccc(-c2ccccc2)cc1)Oc1ccc(-c2ccccc2)cc1. The number of benzene rings is 6. The molecule has 0 aliphatic heterocycles. The van der Waals surface area contributed by atoms with E-state index in [1.807, 2.05) is 115 Å². The van der Waals surface area contributed by atoms with Crippen molar-refractivity contribution in [2.24, 2.45) is 4.52 Å². The van der Waals surface area contributed by atoms with Crippen LogP contribution in [-0.4, -0.2) is 11.2 Å². The minimum atomic E-state index is -1.67. The summed E-state index contributed by atoms with van der Waals surface area (Å²) in [5.41, 5.74) is 6.80. The van der Waals surface area contributed by atoms with Crippen LogP contribution in [0.5, 0.6) is 17.2 Å². The molecule has 6 rings (SSSR count). The van der Waals surface area contributed by atoms with Crippen molar-refractivity contribution < 1.29 is 18.4 Å². The van der Waals surface area contributed by atoms with E-state index >= 15 is 0 Å². The summed E-state index contributed by atoms with van der Waals surface area (Å²) in [4.78, 5) is 6.17. The van der Waals surface area contributed by atoms with Crippen LogP contribution in [-0.2, 0) is 4.84 Å². The predicted octanol–water partition coefficient (Wildman–Crippen LogP) is 12.6. The lowest BCUT2D eigenvalue weighted by Gasteiger charge is -2.25. The second kappa shape index (κ2) is 17.7. The van der Waals surface area contributed by atoms with Gasteiger partial charge in [0, 0.05) is 0 Å². The van der Waals surface area contributed by atoms with Crippen molar-refractivity contribution in [2.45, 2.75) is 13.3 Å².